The van der Waals surface area contributed by atoms with Crippen molar-refractivity contribution in [3.63, 3.8) is 0 Å². The standard InChI is InChI=1S/C15H19N3O2/c1-4-13(11-5-7-12(20-3)8-6-11)17-15(19)14-9-16-10-18(14)2/h5-10,13H,4H2,1-3H3,(H,17,19). The van der Waals surface area contributed by atoms with Gasteiger partial charge in [0.1, 0.15) is 11.4 Å². The molecule has 0 spiro atoms. The average Bonchev–Trinajstić information content (AvgIpc) is 2.91. The highest BCUT2D eigenvalue weighted by atomic mass is 16.5. The van der Waals surface area contributed by atoms with Gasteiger partial charge in [-0.3, -0.25) is 4.79 Å². The number of nitrogens with one attached hydrogen (secondary N) is 1. The van der Waals surface area contributed by atoms with Crippen LogP contribution < -0.4 is 10.1 Å². The zero-order valence-electron chi connectivity index (χ0n) is 12.0. The van der Waals surface area contributed by atoms with Crippen molar-refractivity contribution < 1.29 is 9.53 Å². The Kier molecular flexibility index (Phi) is 4.40. The number of imidazole rings is 1. The van der Waals surface area contributed by atoms with E-state index in [-0.39, 0.29) is 11.9 Å². The maximum Gasteiger partial charge on any atom is 0.270 e. The van der Waals surface area contributed by atoms with Crippen LogP contribution in [0.1, 0.15) is 35.4 Å². The van der Waals surface area contributed by atoms with Gasteiger partial charge in [-0.25, -0.2) is 4.98 Å². The van der Waals surface area contributed by atoms with Crippen molar-refractivity contribution in [2.75, 3.05) is 7.11 Å². The number of hydrogen-bond acceptors (Lipinski definition) is 3. The van der Waals surface area contributed by atoms with Gasteiger partial charge in [0.2, 0.25) is 0 Å². The van der Waals surface area contributed by atoms with Gasteiger partial charge in [-0.2, -0.15) is 0 Å². The molecule has 2 aromatic rings. The molecule has 5 heteroatoms. The number of benzene rings is 1. The molecular formula is C15H19N3O2. The molecular weight excluding hydrogens is 254 g/mol. The van der Waals surface area contributed by atoms with Crippen LogP contribution in [0.4, 0.5) is 0 Å². The Labute approximate surface area is 118 Å². The summed E-state index contributed by atoms with van der Waals surface area (Å²) >= 11 is 0. The highest BCUT2D eigenvalue weighted by molar-refractivity contribution is 5.92. The van der Waals surface area contributed by atoms with Crippen molar-refractivity contribution in [3.8, 4) is 5.75 Å². The summed E-state index contributed by atoms with van der Waals surface area (Å²) in [4.78, 5) is 16.2. The highest BCUT2D eigenvalue weighted by Crippen LogP contribution is 2.20. The highest BCUT2D eigenvalue weighted by Gasteiger charge is 2.16. The van der Waals surface area contributed by atoms with Crippen molar-refractivity contribution in [1.82, 2.24) is 14.9 Å². The number of aryl methyl sites for hydroxylation is 1. The van der Waals surface area contributed by atoms with E-state index in [1.54, 1.807) is 31.2 Å². The zero-order chi connectivity index (χ0) is 14.5. The third-order valence-corrected chi connectivity index (χ3v) is 3.28. The minimum Gasteiger partial charge on any atom is -0.497 e. The van der Waals surface area contributed by atoms with Crippen LogP contribution in [0.5, 0.6) is 5.75 Å². The third-order valence-electron chi connectivity index (χ3n) is 3.28. The molecule has 1 heterocycles. The van der Waals surface area contributed by atoms with E-state index in [4.69, 9.17) is 4.74 Å². The third kappa shape index (κ3) is 2.99. The molecule has 1 amide bonds. The van der Waals surface area contributed by atoms with Crippen molar-refractivity contribution in [2.45, 2.75) is 19.4 Å². The smallest absolute Gasteiger partial charge is 0.270 e. The van der Waals surface area contributed by atoms with Crippen LogP contribution in [-0.2, 0) is 7.05 Å². The van der Waals surface area contributed by atoms with E-state index in [0.29, 0.717) is 5.69 Å². The number of amides is 1. The lowest BCUT2D eigenvalue weighted by Gasteiger charge is -2.17. The van der Waals surface area contributed by atoms with Gasteiger partial charge in [-0.15, -0.1) is 0 Å². The molecule has 0 saturated carbocycles. The first kappa shape index (κ1) is 14.1. The van der Waals surface area contributed by atoms with Gasteiger partial charge in [0.25, 0.3) is 5.91 Å². The van der Waals surface area contributed by atoms with E-state index in [2.05, 4.69) is 10.3 Å². The minimum absolute atomic E-state index is 0.0247. The van der Waals surface area contributed by atoms with E-state index in [9.17, 15) is 4.79 Å². The van der Waals surface area contributed by atoms with Gasteiger partial charge in [0, 0.05) is 7.05 Å². The fourth-order valence-corrected chi connectivity index (χ4v) is 2.07. The fourth-order valence-electron chi connectivity index (χ4n) is 2.07. The molecule has 0 aliphatic rings. The average molecular weight is 273 g/mol. The summed E-state index contributed by atoms with van der Waals surface area (Å²) in [5, 5.41) is 3.02. The predicted octanol–water partition coefficient (Wildman–Crippen LogP) is 2.31. The molecule has 20 heavy (non-hydrogen) atoms. The van der Waals surface area contributed by atoms with E-state index in [1.165, 1.54) is 0 Å². The molecule has 106 valence electrons. The molecule has 1 aromatic carbocycles. The number of carbonyl (C=O) groups is 1. The Morgan fingerprint density at radius 1 is 1.40 bits per heavy atom. The number of hydrogen-bond donors (Lipinski definition) is 1. The van der Waals surface area contributed by atoms with Crippen LogP contribution in [-0.4, -0.2) is 22.6 Å². The van der Waals surface area contributed by atoms with Crippen LogP contribution in [0, 0.1) is 0 Å². The lowest BCUT2D eigenvalue weighted by molar-refractivity contribution is 0.0927. The molecule has 0 radical (unpaired) electrons. The Bertz CT molecular complexity index is 575. The molecule has 0 saturated heterocycles. The summed E-state index contributed by atoms with van der Waals surface area (Å²) in [5.41, 5.74) is 1.61. The van der Waals surface area contributed by atoms with E-state index < -0.39 is 0 Å². The number of methoxy groups -OCH3 is 1. The Hall–Kier alpha value is -2.30. The molecule has 0 aliphatic carbocycles. The van der Waals surface area contributed by atoms with Crippen molar-refractivity contribution in [2.24, 2.45) is 7.05 Å². The van der Waals surface area contributed by atoms with Crippen LogP contribution in [0.25, 0.3) is 0 Å². The summed E-state index contributed by atoms with van der Waals surface area (Å²) < 4.78 is 6.84. The summed E-state index contributed by atoms with van der Waals surface area (Å²) in [5.74, 6) is 0.689. The molecule has 0 bridgehead atoms. The predicted molar refractivity (Wildman–Crippen MR) is 76.7 cm³/mol. The van der Waals surface area contributed by atoms with Crippen LogP contribution in [0.15, 0.2) is 36.8 Å². The maximum absolute atomic E-state index is 12.2. The van der Waals surface area contributed by atoms with Crippen LogP contribution >= 0.6 is 0 Å². The molecule has 1 N–H and O–H groups in total. The van der Waals surface area contributed by atoms with Crippen molar-refractivity contribution >= 4 is 5.91 Å². The molecule has 0 aliphatic heterocycles. The van der Waals surface area contributed by atoms with Gasteiger partial charge < -0.3 is 14.6 Å². The monoisotopic (exact) mass is 273 g/mol. The topological polar surface area (TPSA) is 56.2 Å². The quantitative estimate of drug-likeness (QED) is 0.909. The second-order valence-corrected chi connectivity index (χ2v) is 4.60. The van der Waals surface area contributed by atoms with Gasteiger partial charge >= 0.3 is 0 Å². The van der Waals surface area contributed by atoms with Crippen molar-refractivity contribution in [1.29, 1.82) is 0 Å². The van der Waals surface area contributed by atoms with Gasteiger partial charge in [0.05, 0.1) is 25.7 Å². The maximum atomic E-state index is 12.2. The molecule has 5 nitrogen and oxygen atoms in total. The zero-order valence-corrected chi connectivity index (χ0v) is 12.0. The SMILES string of the molecule is CCC(NC(=O)c1cncn1C)c1ccc(OC)cc1. The lowest BCUT2D eigenvalue weighted by Crippen LogP contribution is -2.29. The molecule has 1 unspecified atom stereocenters. The summed E-state index contributed by atoms with van der Waals surface area (Å²) in [7, 11) is 3.44. The second kappa shape index (κ2) is 6.23. The van der Waals surface area contributed by atoms with E-state index >= 15 is 0 Å². The molecule has 1 aromatic heterocycles. The van der Waals surface area contributed by atoms with Crippen LogP contribution in [0.3, 0.4) is 0 Å². The number of nitrogens with zero attached hydrogens (tertiary/aromatic N) is 2. The number of rotatable bonds is 5. The Balaban J connectivity index is 2.12. The molecule has 0 fully saturated rings. The minimum atomic E-state index is -0.118. The van der Waals surface area contributed by atoms with Crippen LogP contribution in [0.2, 0.25) is 0 Å². The first-order valence-electron chi connectivity index (χ1n) is 6.56. The van der Waals surface area contributed by atoms with E-state index in [1.807, 2.05) is 31.2 Å². The summed E-state index contributed by atoms with van der Waals surface area (Å²) in [6.45, 7) is 2.04. The number of ether oxygens (including phenoxy) is 1. The molecule has 2 rings (SSSR count). The second-order valence-electron chi connectivity index (χ2n) is 4.60. The first-order valence-corrected chi connectivity index (χ1v) is 6.56. The number of carbonyl (C=O) groups excluding carboxylic acids is 1. The Morgan fingerprint density at radius 2 is 2.10 bits per heavy atom. The lowest BCUT2D eigenvalue weighted by atomic mass is 10.0. The number of aromatic nitrogens is 2. The van der Waals surface area contributed by atoms with E-state index in [0.717, 1.165) is 17.7 Å². The fraction of sp³-hybridized carbons (Fsp3) is 0.333. The largest absolute Gasteiger partial charge is 0.497 e. The van der Waals surface area contributed by atoms with Crippen molar-refractivity contribution in [3.05, 3.63) is 48.0 Å². The normalized spacial score (nSPS) is 11.9. The Morgan fingerprint density at radius 3 is 2.60 bits per heavy atom. The van der Waals surface area contributed by atoms with Gasteiger partial charge in [0.15, 0.2) is 0 Å². The van der Waals surface area contributed by atoms with Gasteiger partial charge in [-0.1, -0.05) is 19.1 Å². The van der Waals surface area contributed by atoms with Gasteiger partial charge in [-0.05, 0) is 24.1 Å². The first-order chi connectivity index (χ1) is 9.65. The summed E-state index contributed by atoms with van der Waals surface area (Å²) in [6, 6.07) is 7.71. The summed E-state index contributed by atoms with van der Waals surface area (Å²) in [6.07, 6.45) is 4.00. The molecule has 1 atom stereocenters.